The van der Waals surface area contributed by atoms with Crippen molar-refractivity contribution in [1.29, 1.82) is 0 Å². The molecule has 0 radical (unpaired) electrons. The third-order valence-electron chi connectivity index (χ3n) is 6.72. The van der Waals surface area contributed by atoms with E-state index in [-0.39, 0.29) is 13.0 Å². The normalized spacial score (nSPS) is 11.8. The van der Waals surface area contributed by atoms with E-state index in [1.165, 1.54) is 13.8 Å². The molecule has 0 spiro atoms. The Labute approximate surface area is 284 Å². The van der Waals surface area contributed by atoms with Crippen molar-refractivity contribution >= 4 is 17.9 Å². The number of hydrogen-bond acceptors (Lipinski definition) is 14. The van der Waals surface area contributed by atoms with Gasteiger partial charge >= 0.3 is 52.0 Å². The van der Waals surface area contributed by atoms with Crippen molar-refractivity contribution in [3.8, 4) is 0 Å². The minimum atomic E-state index is -1.53. The Balaban J connectivity index is 2.32. The van der Waals surface area contributed by atoms with Gasteiger partial charge in [0.1, 0.15) is 12.2 Å². The number of aliphatic hydroxyl groups excluding tert-OH is 1. The number of nitrogens with zero attached hydrogens (tertiary/aromatic N) is 6. The van der Waals surface area contributed by atoms with Crippen LogP contribution in [0, 0.1) is 0 Å². The van der Waals surface area contributed by atoms with Crippen LogP contribution in [0.4, 0.5) is 0 Å². The zero-order valence-electron chi connectivity index (χ0n) is 29.2. The Morgan fingerprint density at radius 1 is 0.560 bits per heavy atom. The molecule has 280 valence electrons. The van der Waals surface area contributed by atoms with Crippen LogP contribution in [0.2, 0.25) is 0 Å². The van der Waals surface area contributed by atoms with E-state index >= 15 is 0 Å². The number of hydrogen-bond donors (Lipinski definition) is 2. The van der Waals surface area contributed by atoms with Gasteiger partial charge in [-0.05, 0) is 41.0 Å². The monoisotopic (exact) mass is 714 g/mol. The maximum atomic E-state index is 13.2. The van der Waals surface area contributed by atoms with Crippen LogP contribution in [0.3, 0.4) is 0 Å². The standard InChI is InChI=1S/C30H46N6O14/c1-7-17-48-20(38)8-11-31-23(41)32(25(43)33(24(31)42)13-10-22(40)50-29(2,3)4)12-9-21(39)49-18-15-35-26(44)34(14-16-37)27(45)36(28(35)46)19-30(5,6)47/h37,47H,7-19H2,1-6H3. The largest absolute Gasteiger partial charge is 0.466 e. The molecule has 2 N–H and O–H groups in total. The average Bonchev–Trinajstić information content (AvgIpc) is 3.00. The van der Waals surface area contributed by atoms with Crippen molar-refractivity contribution < 1.29 is 38.8 Å². The number of carbonyl (C=O) groups excluding carboxylic acids is 3. The predicted molar refractivity (Wildman–Crippen MR) is 174 cm³/mol. The first kappa shape index (κ1) is 41.3. The summed E-state index contributed by atoms with van der Waals surface area (Å²) in [5.41, 5.74) is -8.95. The maximum Gasteiger partial charge on any atom is 0.336 e. The summed E-state index contributed by atoms with van der Waals surface area (Å²) in [5, 5.41) is 19.5. The Bertz CT molecular complexity index is 1900. The lowest BCUT2D eigenvalue weighted by atomic mass is 10.1. The molecular formula is C30H46N6O14. The topological polar surface area (TPSA) is 251 Å². The third kappa shape index (κ3) is 11.6. The smallest absolute Gasteiger partial charge is 0.336 e. The van der Waals surface area contributed by atoms with E-state index in [1.807, 2.05) is 0 Å². The number of esters is 3. The first-order valence-corrected chi connectivity index (χ1v) is 16.0. The van der Waals surface area contributed by atoms with Gasteiger partial charge in [0.25, 0.3) is 0 Å². The lowest BCUT2D eigenvalue weighted by Crippen LogP contribution is -2.56. The van der Waals surface area contributed by atoms with Gasteiger partial charge in [-0.2, -0.15) is 0 Å². The fraction of sp³-hybridized carbons (Fsp3) is 0.700. The highest BCUT2D eigenvalue weighted by Gasteiger charge is 2.23. The molecule has 0 unspecified atom stereocenters. The third-order valence-corrected chi connectivity index (χ3v) is 6.72. The summed E-state index contributed by atoms with van der Waals surface area (Å²) in [6.07, 6.45) is -0.853. The van der Waals surface area contributed by atoms with Crippen molar-refractivity contribution in [1.82, 2.24) is 27.4 Å². The fourth-order valence-electron chi connectivity index (χ4n) is 4.56. The van der Waals surface area contributed by atoms with Crippen LogP contribution in [0.5, 0.6) is 0 Å². The first-order chi connectivity index (χ1) is 23.2. The van der Waals surface area contributed by atoms with E-state index in [2.05, 4.69) is 0 Å². The Morgan fingerprint density at radius 3 is 1.30 bits per heavy atom. The SMILES string of the molecule is CCCOC(=O)CCn1c(=O)n(CCC(=O)OCCn2c(=O)n(CCO)c(=O)n(CC(C)(C)O)c2=O)c(=O)n(CCC(=O)OC(C)(C)C)c1=O. The number of aromatic nitrogens is 6. The minimum absolute atomic E-state index is 0.119. The highest BCUT2D eigenvalue weighted by Crippen LogP contribution is 2.08. The molecule has 0 aliphatic heterocycles. The summed E-state index contributed by atoms with van der Waals surface area (Å²) in [5.74, 6) is -2.40. The van der Waals surface area contributed by atoms with Crippen molar-refractivity contribution in [2.75, 3.05) is 19.8 Å². The molecule has 2 aromatic rings. The Kier molecular flexibility index (Phi) is 14.6. The lowest BCUT2D eigenvalue weighted by Gasteiger charge is -2.20. The van der Waals surface area contributed by atoms with Gasteiger partial charge in [0.05, 0.1) is 57.7 Å². The summed E-state index contributed by atoms with van der Waals surface area (Å²) < 4.78 is 18.9. The number of rotatable bonds is 18. The second-order valence-electron chi connectivity index (χ2n) is 12.9. The van der Waals surface area contributed by atoms with Gasteiger partial charge in [0, 0.05) is 19.6 Å². The Morgan fingerprint density at radius 2 is 0.920 bits per heavy atom. The molecule has 2 heterocycles. The second kappa shape index (κ2) is 17.7. The molecule has 0 atom stereocenters. The first-order valence-electron chi connectivity index (χ1n) is 16.0. The molecule has 0 aliphatic carbocycles. The second-order valence-corrected chi connectivity index (χ2v) is 12.9. The van der Waals surface area contributed by atoms with Crippen LogP contribution in [0.25, 0.3) is 0 Å². The fourth-order valence-corrected chi connectivity index (χ4v) is 4.56. The molecule has 0 bridgehead atoms. The molecule has 0 aromatic carbocycles. The van der Waals surface area contributed by atoms with E-state index in [0.29, 0.717) is 33.8 Å². The highest BCUT2D eigenvalue weighted by atomic mass is 16.6. The lowest BCUT2D eigenvalue weighted by molar-refractivity contribution is -0.155. The summed E-state index contributed by atoms with van der Waals surface area (Å²) in [6, 6.07) is 0. The average molecular weight is 715 g/mol. The van der Waals surface area contributed by atoms with Gasteiger partial charge in [-0.1, -0.05) is 6.92 Å². The van der Waals surface area contributed by atoms with E-state index in [1.54, 1.807) is 27.7 Å². The van der Waals surface area contributed by atoms with Crippen LogP contribution >= 0.6 is 0 Å². The van der Waals surface area contributed by atoms with Crippen molar-refractivity contribution in [3.05, 3.63) is 62.9 Å². The molecule has 20 heteroatoms. The van der Waals surface area contributed by atoms with E-state index in [4.69, 9.17) is 14.2 Å². The van der Waals surface area contributed by atoms with Gasteiger partial charge in [0.15, 0.2) is 0 Å². The van der Waals surface area contributed by atoms with E-state index < -0.39 is 129 Å². The molecule has 20 nitrogen and oxygen atoms in total. The molecule has 0 amide bonds. The molecule has 0 aliphatic rings. The summed E-state index contributed by atoms with van der Waals surface area (Å²) in [7, 11) is 0. The van der Waals surface area contributed by atoms with Crippen LogP contribution in [0.1, 0.15) is 67.2 Å². The summed E-state index contributed by atoms with van der Waals surface area (Å²) in [4.78, 5) is 115. The molecule has 50 heavy (non-hydrogen) atoms. The van der Waals surface area contributed by atoms with Crippen molar-refractivity contribution in [3.63, 3.8) is 0 Å². The molecule has 2 aromatic heterocycles. The van der Waals surface area contributed by atoms with E-state index in [0.717, 1.165) is 0 Å². The Hall–Kier alpha value is -4.85. The number of ether oxygens (including phenoxy) is 3. The molecule has 0 saturated heterocycles. The molecule has 2 rings (SSSR count). The van der Waals surface area contributed by atoms with Crippen LogP contribution in [0.15, 0.2) is 28.8 Å². The van der Waals surface area contributed by atoms with Gasteiger partial charge < -0.3 is 24.4 Å². The van der Waals surface area contributed by atoms with Crippen LogP contribution in [-0.2, 0) is 67.9 Å². The number of carbonyl (C=O) groups is 3. The summed E-state index contributed by atoms with van der Waals surface area (Å²) in [6.45, 7) is 5.27. The zero-order chi connectivity index (χ0) is 38.0. The minimum Gasteiger partial charge on any atom is -0.466 e. The quantitative estimate of drug-likeness (QED) is 0.116. The van der Waals surface area contributed by atoms with Gasteiger partial charge in [0.2, 0.25) is 0 Å². The van der Waals surface area contributed by atoms with Crippen molar-refractivity contribution in [2.24, 2.45) is 0 Å². The maximum absolute atomic E-state index is 13.2. The summed E-state index contributed by atoms with van der Waals surface area (Å²) >= 11 is 0. The van der Waals surface area contributed by atoms with Crippen LogP contribution in [-0.4, -0.2) is 86.5 Å². The van der Waals surface area contributed by atoms with Gasteiger partial charge in [-0.15, -0.1) is 0 Å². The highest BCUT2D eigenvalue weighted by molar-refractivity contribution is 5.70. The zero-order valence-corrected chi connectivity index (χ0v) is 29.2. The van der Waals surface area contributed by atoms with Gasteiger partial charge in [-0.25, -0.2) is 56.2 Å². The molecule has 0 saturated carbocycles. The van der Waals surface area contributed by atoms with Crippen molar-refractivity contribution in [2.45, 2.75) is 118 Å². The van der Waals surface area contributed by atoms with E-state index in [9.17, 15) is 53.4 Å². The van der Waals surface area contributed by atoms with Gasteiger partial charge in [-0.3, -0.25) is 14.4 Å². The molecule has 0 fully saturated rings. The predicted octanol–water partition coefficient (Wildman–Crippen LogP) is -2.87. The molecular weight excluding hydrogens is 668 g/mol. The number of aliphatic hydroxyl groups is 2. The van der Waals surface area contributed by atoms with Crippen LogP contribution < -0.4 is 34.1 Å².